The van der Waals surface area contributed by atoms with Gasteiger partial charge in [-0.3, -0.25) is 0 Å². The number of unbranched alkanes of at least 4 members (excludes halogenated alkanes) is 1. The zero-order valence-electron chi connectivity index (χ0n) is 14.4. The molecule has 0 aliphatic carbocycles. The van der Waals surface area contributed by atoms with E-state index in [0.29, 0.717) is 18.1 Å². The number of rotatable bonds is 5. The standard InChI is InChI=1S/C18H27N3O/c1-6-7-8-20-17-14(10-19)13-9-18(4,5)22-11-15(13)16(21-17)12(2)3/h12H,6-9,11H2,1-5H3,(H,20,21). The Labute approximate surface area is 133 Å². The van der Waals surface area contributed by atoms with Gasteiger partial charge in [-0.2, -0.15) is 5.26 Å². The van der Waals surface area contributed by atoms with E-state index >= 15 is 0 Å². The van der Waals surface area contributed by atoms with E-state index < -0.39 is 0 Å². The van der Waals surface area contributed by atoms with Crippen LogP contribution in [0.2, 0.25) is 0 Å². The molecule has 4 nitrogen and oxygen atoms in total. The zero-order valence-corrected chi connectivity index (χ0v) is 14.4. The van der Waals surface area contributed by atoms with Crippen LogP contribution in [-0.4, -0.2) is 17.1 Å². The molecule has 1 aromatic rings. The molecule has 120 valence electrons. The third-order valence-corrected chi connectivity index (χ3v) is 4.14. The number of aromatic nitrogens is 1. The smallest absolute Gasteiger partial charge is 0.144 e. The summed E-state index contributed by atoms with van der Waals surface area (Å²) in [6, 6.07) is 2.37. The molecule has 0 bridgehead atoms. The normalized spacial score (nSPS) is 16.2. The molecule has 0 spiro atoms. The largest absolute Gasteiger partial charge is 0.370 e. The fourth-order valence-electron chi connectivity index (χ4n) is 2.90. The molecule has 4 heteroatoms. The van der Waals surface area contributed by atoms with Gasteiger partial charge < -0.3 is 10.1 Å². The van der Waals surface area contributed by atoms with Crippen molar-refractivity contribution in [3.63, 3.8) is 0 Å². The number of ether oxygens (including phenoxy) is 1. The van der Waals surface area contributed by atoms with Crippen molar-refractivity contribution in [1.29, 1.82) is 5.26 Å². The monoisotopic (exact) mass is 301 g/mol. The van der Waals surface area contributed by atoms with Crippen LogP contribution in [0, 0.1) is 11.3 Å². The minimum Gasteiger partial charge on any atom is -0.370 e. The van der Waals surface area contributed by atoms with Gasteiger partial charge in [-0.1, -0.05) is 27.2 Å². The summed E-state index contributed by atoms with van der Waals surface area (Å²) in [5.41, 5.74) is 3.77. The van der Waals surface area contributed by atoms with E-state index in [2.05, 4.69) is 46.0 Å². The minimum atomic E-state index is -0.227. The molecule has 0 atom stereocenters. The number of nitrogens with zero attached hydrogens (tertiary/aromatic N) is 2. The summed E-state index contributed by atoms with van der Waals surface area (Å²) in [6.07, 6.45) is 2.96. The van der Waals surface area contributed by atoms with Gasteiger partial charge in [0, 0.05) is 18.5 Å². The van der Waals surface area contributed by atoms with Crippen molar-refractivity contribution in [2.45, 2.75) is 72.0 Å². The minimum absolute atomic E-state index is 0.227. The van der Waals surface area contributed by atoms with Gasteiger partial charge in [0.2, 0.25) is 0 Å². The first-order valence-corrected chi connectivity index (χ1v) is 8.23. The number of pyridine rings is 1. The highest BCUT2D eigenvalue weighted by Gasteiger charge is 2.32. The van der Waals surface area contributed by atoms with Crippen molar-refractivity contribution in [2.75, 3.05) is 11.9 Å². The number of hydrogen-bond acceptors (Lipinski definition) is 4. The Bertz CT molecular complexity index is 585. The van der Waals surface area contributed by atoms with E-state index in [1.54, 1.807) is 0 Å². The van der Waals surface area contributed by atoms with Gasteiger partial charge in [-0.05, 0) is 31.7 Å². The molecule has 1 aliphatic rings. The summed E-state index contributed by atoms with van der Waals surface area (Å²) in [4.78, 5) is 4.76. The molecule has 1 N–H and O–H groups in total. The summed E-state index contributed by atoms with van der Waals surface area (Å²) in [6.45, 7) is 12.0. The fraction of sp³-hybridized carbons (Fsp3) is 0.667. The SMILES string of the molecule is CCCCNc1nc(C(C)C)c2c(c1C#N)CC(C)(C)OC2. The second kappa shape index (κ2) is 6.66. The maximum atomic E-state index is 9.66. The van der Waals surface area contributed by atoms with Crippen LogP contribution in [-0.2, 0) is 17.8 Å². The Morgan fingerprint density at radius 2 is 2.09 bits per heavy atom. The average molecular weight is 301 g/mol. The van der Waals surface area contributed by atoms with Crippen LogP contribution in [0.5, 0.6) is 0 Å². The Hall–Kier alpha value is -1.60. The lowest BCUT2D eigenvalue weighted by atomic mass is 9.86. The summed E-state index contributed by atoms with van der Waals surface area (Å²) >= 11 is 0. The lowest BCUT2D eigenvalue weighted by Gasteiger charge is -2.34. The summed E-state index contributed by atoms with van der Waals surface area (Å²) in [7, 11) is 0. The third kappa shape index (κ3) is 3.41. The fourth-order valence-corrected chi connectivity index (χ4v) is 2.90. The Morgan fingerprint density at radius 1 is 1.36 bits per heavy atom. The molecule has 22 heavy (non-hydrogen) atoms. The second-order valence-electron chi connectivity index (χ2n) is 6.95. The molecule has 0 radical (unpaired) electrons. The van der Waals surface area contributed by atoms with E-state index in [1.165, 1.54) is 0 Å². The van der Waals surface area contributed by atoms with E-state index in [4.69, 9.17) is 9.72 Å². The molecule has 1 aromatic heterocycles. The van der Waals surface area contributed by atoms with Crippen molar-refractivity contribution in [2.24, 2.45) is 0 Å². The number of nitrogens with one attached hydrogen (secondary N) is 1. The highest BCUT2D eigenvalue weighted by atomic mass is 16.5. The molecule has 2 rings (SSSR count). The first-order chi connectivity index (χ1) is 10.4. The summed E-state index contributed by atoms with van der Waals surface area (Å²) in [5, 5.41) is 13.0. The van der Waals surface area contributed by atoms with Crippen LogP contribution in [0.25, 0.3) is 0 Å². The van der Waals surface area contributed by atoms with Crippen molar-refractivity contribution in [3.8, 4) is 6.07 Å². The van der Waals surface area contributed by atoms with Gasteiger partial charge in [0.25, 0.3) is 0 Å². The van der Waals surface area contributed by atoms with Crippen molar-refractivity contribution < 1.29 is 4.74 Å². The molecule has 0 unspecified atom stereocenters. The van der Waals surface area contributed by atoms with E-state index in [1.807, 2.05) is 0 Å². The quantitative estimate of drug-likeness (QED) is 0.830. The van der Waals surface area contributed by atoms with Gasteiger partial charge in [-0.25, -0.2) is 4.98 Å². The van der Waals surface area contributed by atoms with Gasteiger partial charge in [0.1, 0.15) is 11.9 Å². The molecule has 0 aromatic carbocycles. The van der Waals surface area contributed by atoms with Crippen LogP contribution in [0.4, 0.5) is 5.82 Å². The average Bonchev–Trinajstić information content (AvgIpc) is 2.45. The second-order valence-corrected chi connectivity index (χ2v) is 6.95. The van der Waals surface area contributed by atoms with Gasteiger partial charge in [0.05, 0.1) is 23.5 Å². The lowest BCUT2D eigenvalue weighted by molar-refractivity contribution is -0.0407. The lowest BCUT2D eigenvalue weighted by Crippen LogP contribution is -2.33. The predicted molar refractivity (Wildman–Crippen MR) is 89.0 cm³/mol. The van der Waals surface area contributed by atoms with Crippen molar-refractivity contribution >= 4 is 5.82 Å². The molecule has 0 fully saturated rings. The first-order valence-electron chi connectivity index (χ1n) is 8.23. The zero-order chi connectivity index (χ0) is 16.3. The highest BCUT2D eigenvalue weighted by molar-refractivity contribution is 5.60. The molecule has 0 saturated heterocycles. The highest BCUT2D eigenvalue weighted by Crippen LogP contribution is 2.36. The van der Waals surface area contributed by atoms with Crippen molar-refractivity contribution in [1.82, 2.24) is 4.98 Å². The molecular formula is C18H27N3O. The molecular weight excluding hydrogens is 274 g/mol. The summed E-state index contributed by atoms with van der Waals surface area (Å²) < 4.78 is 5.95. The number of nitriles is 1. The van der Waals surface area contributed by atoms with Gasteiger partial charge >= 0.3 is 0 Å². The van der Waals surface area contributed by atoms with Crippen LogP contribution in [0.3, 0.4) is 0 Å². The van der Waals surface area contributed by atoms with Crippen molar-refractivity contribution in [3.05, 3.63) is 22.4 Å². The topological polar surface area (TPSA) is 57.9 Å². The van der Waals surface area contributed by atoms with Gasteiger partial charge in [0.15, 0.2) is 0 Å². The van der Waals surface area contributed by atoms with E-state index in [-0.39, 0.29) is 5.60 Å². The van der Waals surface area contributed by atoms with E-state index in [0.717, 1.165) is 48.4 Å². The third-order valence-electron chi connectivity index (χ3n) is 4.14. The summed E-state index contributed by atoms with van der Waals surface area (Å²) in [5.74, 6) is 1.06. The maximum absolute atomic E-state index is 9.66. The van der Waals surface area contributed by atoms with Gasteiger partial charge in [-0.15, -0.1) is 0 Å². The predicted octanol–water partition coefficient (Wildman–Crippen LogP) is 4.14. The molecule has 0 saturated carbocycles. The van der Waals surface area contributed by atoms with Crippen LogP contribution in [0.1, 0.15) is 75.8 Å². The van der Waals surface area contributed by atoms with Crippen LogP contribution >= 0.6 is 0 Å². The molecule has 0 amide bonds. The molecule has 1 aliphatic heterocycles. The maximum Gasteiger partial charge on any atom is 0.144 e. The number of fused-ring (bicyclic) bond motifs is 1. The van der Waals surface area contributed by atoms with E-state index in [9.17, 15) is 5.26 Å². The molecule has 2 heterocycles. The van der Waals surface area contributed by atoms with Crippen LogP contribution < -0.4 is 5.32 Å². The Morgan fingerprint density at radius 3 is 2.68 bits per heavy atom. The Balaban J connectivity index is 2.52. The Kier molecular flexibility index (Phi) is 5.08. The van der Waals surface area contributed by atoms with Crippen LogP contribution in [0.15, 0.2) is 0 Å². The number of anilines is 1. The first kappa shape index (κ1) is 16.8. The number of hydrogen-bond donors (Lipinski definition) is 1.